The molecule has 2 rings (SSSR count). The van der Waals surface area contributed by atoms with Crippen molar-refractivity contribution < 1.29 is 5.11 Å². The van der Waals surface area contributed by atoms with Gasteiger partial charge in [-0.3, -0.25) is 0 Å². The Labute approximate surface area is 99.8 Å². The fourth-order valence-electron chi connectivity index (χ4n) is 3.68. The summed E-state index contributed by atoms with van der Waals surface area (Å²) in [4.78, 5) is 0. The summed E-state index contributed by atoms with van der Waals surface area (Å²) >= 11 is 0. The van der Waals surface area contributed by atoms with Crippen molar-refractivity contribution in [2.75, 3.05) is 6.54 Å². The summed E-state index contributed by atoms with van der Waals surface area (Å²) in [5, 5.41) is 13.2. The second-order valence-electron chi connectivity index (χ2n) is 6.36. The van der Waals surface area contributed by atoms with Crippen molar-refractivity contribution in [3.05, 3.63) is 0 Å². The Morgan fingerprint density at radius 1 is 1.00 bits per heavy atom. The zero-order chi connectivity index (χ0) is 11.5. The van der Waals surface area contributed by atoms with Gasteiger partial charge in [-0.2, -0.15) is 0 Å². The first-order chi connectivity index (χ1) is 7.63. The highest BCUT2D eigenvalue weighted by Crippen LogP contribution is 2.29. The predicted molar refractivity (Wildman–Crippen MR) is 67.3 cm³/mol. The molecule has 0 heterocycles. The Morgan fingerprint density at radius 3 is 2.25 bits per heavy atom. The molecule has 16 heavy (non-hydrogen) atoms. The van der Waals surface area contributed by atoms with E-state index < -0.39 is 0 Å². The van der Waals surface area contributed by atoms with Gasteiger partial charge in [0, 0.05) is 6.04 Å². The second-order valence-corrected chi connectivity index (χ2v) is 6.36. The van der Waals surface area contributed by atoms with Crippen LogP contribution in [0.5, 0.6) is 0 Å². The highest BCUT2D eigenvalue weighted by atomic mass is 16.3. The van der Waals surface area contributed by atoms with Gasteiger partial charge in [-0.05, 0) is 62.8 Å². The third-order valence-electron chi connectivity index (χ3n) is 4.39. The molecule has 0 aromatic carbocycles. The van der Waals surface area contributed by atoms with Gasteiger partial charge < -0.3 is 10.4 Å². The van der Waals surface area contributed by atoms with Crippen LogP contribution >= 0.6 is 0 Å². The Kier molecular flexibility index (Phi) is 4.26. The largest absolute Gasteiger partial charge is 0.393 e. The Hall–Kier alpha value is -0.0800. The lowest BCUT2D eigenvalue weighted by atomic mass is 9.80. The average molecular weight is 225 g/mol. The summed E-state index contributed by atoms with van der Waals surface area (Å²) in [5.41, 5.74) is 0. The van der Waals surface area contributed by atoms with Crippen LogP contribution < -0.4 is 5.32 Å². The first-order valence-corrected chi connectivity index (χ1v) is 7.05. The molecule has 0 aromatic rings. The standard InChI is InChI=1S/C14H27NO/c1-10-5-11(2)7-13(6-10)15-9-12-3-4-14(16)8-12/h10-16H,3-9H2,1-2H3. The molecule has 0 amide bonds. The summed E-state index contributed by atoms with van der Waals surface area (Å²) in [6.07, 6.45) is 7.33. The molecular formula is C14H27NO. The molecule has 0 aliphatic heterocycles. The van der Waals surface area contributed by atoms with Crippen molar-refractivity contribution in [1.82, 2.24) is 5.32 Å². The van der Waals surface area contributed by atoms with Crippen molar-refractivity contribution >= 4 is 0 Å². The van der Waals surface area contributed by atoms with E-state index in [0.29, 0.717) is 0 Å². The molecule has 0 aromatic heterocycles. The van der Waals surface area contributed by atoms with Crippen LogP contribution in [-0.4, -0.2) is 23.8 Å². The van der Waals surface area contributed by atoms with E-state index >= 15 is 0 Å². The van der Waals surface area contributed by atoms with E-state index in [0.717, 1.165) is 43.2 Å². The zero-order valence-electron chi connectivity index (χ0n) is 10.8. The topological polar surface area (TPSA) is 32.3 Å². The summed E-state index contributed by atoms with van der Waals surface area (Å²) in [6.45, 7) is 5.88. The lowest BCUT2D eigenvalue weighted by Crippen LogP contribution is -2.38. The van der Waals surface area contributed by atoms with Crippen LogP contribution in [0.1, 0.15) is 52.4 Å². The van der Waals surface area contributed by atoms with Crippen LogP contribution in [0.25, 0.3) is 0 Å². The summed E-state index contributed by atoms with van der Waals surface area (Å²) in [7, 11) is 0. The molecular weight excluding hydrogens is 198 g/mol. The van der Waals surface area contributed by atoms with E-state index in [1.807, 2.05) is 0 Å². The zero-order valence-corrected chi connectivity index (χ0v) is 10.8. The number of aliphatic hydroxyl groups is 1. The Balaban J connectivity index is 1.69. The molecule has 2 aliphatic rings. The average Bonchev–Trinajstić information content (AvgIpc) is 2.60. The molecule has 94 valence electrons. The summed E-state index contributed by atoms with van der Waals surface area (Å²) in [6, 6.07) is 0.733. The second kappa shape index (κ2) is 5.50. The summed E-state index contributed by atoms with van der Waals surface area (Å²) < 4.78 is 0. The van der Waals surface area contributed by atoms with Crippen molar-refractivity contribution in [1.29, 1.82) is 0 Å². The molecule has 0 radical (unpaired) electrons. The Bertz CT molecular complexity index is 209. The third-order valence-corrected chi connectivity index (χ3v) is 4.39. The first-order valence-electron chi connectivity index (χ1n) is 7.05. The van der Waals surface area contributed by atoms with E-state index in [1.165, 1.54) is 25.7 Å². The molecule has 0 bridgehead atoms. The molecule has 4 atom stereocenters. The molecule has 4 unspecified atom stereocenters. The quantitative estimate of drug-likeness (QED) is 0.773. The van der Waals surface area contributed by atoms with Crippen molar-refractivity contribution in [3.8, 4) is 0 Å². The third kappa shape index (κ3) is 3.46. The minimum atomic E-state index is -0.0176. The van der Waals surface area contributed by atoms with Crippen LogP contribution in [0.4, 0.5) is 0 Å². The SMILES string of the molecule is CC1CC(C)CC(NCC2CCC(O)C2)C1. The number of hydrogen-bond acceptors (Lipinski definition) is 2. The number of rotatable bonds is 3. The predicted octanol–water partition coefficient (Wildman–Crippen LogP) is 2.56. The fraction of sp³-hybridized carbons (Fsp3) is 1.00. The molecule has 2 heteroatoms. The van der Waals surface area contributed by atoms with E-state index in [2.05, 4.69) is 19.2 Å². The molecule has 2 N–H and O–H groups in total. The highest BCUT2D eigenvalue weighted by molar-refractivity contribution is 4.82. The van der Waals surface area contributed by atoms with E-state index in [1.54, 1.807) is 0 Å². The van der Waals surface area contributed by atoms with Crippen LogP contribution in [0.3, 0.4) is 0 Å². The smallest absolute Gasteiger partial charge is 0.0543 e. The molecule has 2 fully saturated rings. The normalized spacial score (nSPS) is 44.8. The van der Waals surface area contributed by atoms with Crippen LogP contribution in [0.2, 0.25) is 0 Å². The molecule has 2 saturated carbocycles. The van der Waals surface area contributed by atoms with Crippen LogP contribution in [0, 0.1) is 17.8 Å². The van der Waals surface area contributed by atoms with E-state index in [-0.39, 0.29) is 6.10 Å². The molecule has 0 saturated heterocycles. The van der Waals surface area contributed by atoms with Gasteiger partial charge in [0.2, 0.25) is 0 Å². The number of nitrogens with one attached hydrogen (secondary N) is 1. The lowest BCUT2D eigenvalue weighted by Gasteiger charge is -2.32. The minimum Gasteiger partial charge on any atom is -0.393 e. The number of aliphatic hydroxyl groups excluding tert-OH is 1. The maximum Gasteiger partial charge on any atom is 0.0543 e. The maximum atomic E-state index is 9.49. The van der Waals surface area contributed by atoms with E-state index in [4.69, 9.17) is 0 Å². The maximum absolute atomic E-state index is 9.49. The molecule has 0 spiro atoms. The first kappa shape index (κ1) is 12.4. The van der Waals surface area contributed by atoms with Gasteiger partial charge in [0.1, 0.15) is 0 Å². The van der Waals surface area contributed by atoms with Gasteiger partial charge in [-0.1, -0.05) is 13.8 Å². The van der Waals surface area contributed by atoms with Crippen LogP contribution in [0.15, 0.2) is 0 Å². The molecule has 2 aliphatic carbocycles. The van der Waals surface area contributed by atoms with Gasteiger partial charge in [-0.15, -0.1) is 0 Å². The highest BCUT2D eigenvalue weighted by Gasteiger charge is 2.26. The van der Waals surface area contributed by atoms with Crippen molar-refractivity contribution in [2.24, 2.45) is 17.8 Å². The lowest BCUT2D eigenvalue weighted by molar-refractivity contribution is 0.175. The fourth-order valence-corrected chi connectivity index (χ4v) is 3.68. The van der Waals surface area contributed by atoms with Crippen molar-refractivity contribution in [2.45, 2.75) is 64.5 Å². The van der Waals surface area contributed by atoms with E-state index in [9.17, 15) is 5.11 Å². The number of hydrogen-bond donors (Lipinski definition) is 2. The van der Waals surface area contributed by atoms with Gasteiger partial charge in [0.25, 0.3) is 0 Å². The molecule has 2 nitrogen and oxygen atoms in total. The van der Waals surface area contributed by atoms with Crippen LogP contribution in [-0.2, 0) is 0 Å². The van der Waals surface area contributed by atoms with Gasteiger partial charge in [-0.25, -0.2) is 0 Å². The Morgan fingerprint density at radius 2 is 1.69 bits per heavy atom. The van der Waals surface area contributed by atoms with Gasteiger partial charge >= 0.3 is 0 Å². The van der Waals surface area contributed by atoms with Gasteiger partial charge in [0.05, 0.1) is 6.10 Å². The monoisotopic (exact) mass is 225 g/mol. The summed E-state index contributed by atoms with van der Waals surface area (Å²) in [5.74, 6) is 2.49. The minimum absolute atomic E-state index is 0.0176. The van der Waals surface area contributed by atoms with Crippen molar-refractivity contribution in [3.63, 3.8) is 0 Å². The van der Waals surface area contributed by atoms with Gasteiger partial charge in [0.15, 0.2) is 0 Å².